The summed E-state index contributed by atoms with van der Waals surface area (Å²) < 4.78 is 10.8. The molecule has 0 aliphatic carbocycles. The van der Waals surface area contributed by atoms with E-state index in [0.717, 1.165) is 52.2 Å². The Hall–Kier alpha value is -4.37. The van der Waals surface area contributed by atoms with Crippen molar-refractivity contribution in [3.8, 4) is 5.75 Å². The van der Waals surface area contributed by atoms with Crippen molar-refractivity contribution in [1.29, 1.82) is 0 Å². The Bertz CT molecular complexity index is 1420. The minimum absolute atomic E-state index is 0.126. The maximum Gasteiger partial charge on any atom is 0.323 e. The molecule has 1 unspecified atom stereocenters. The lowest BCUT2D eigenvalue weighted by atomic mass is 9.86. The lowest BCUT2D eigenvalue weighted by Crippen LogP contribution is -2.28. The number of ether oxygens (including phenoxy) is 2. The zero-order valence-corrected chi connectivity index (χ0v) is 24.1. The van der Waals surface area contributed by atoms with Gasteiger partial charge in [0.25, 0.3) is 0 Å². The van der Waals surface area contributed by atoms with Crippen LogP contribution in [0.15, 0.2) is 54.6 Å². The first-order valence-corrected chi connectivity index (χ1v) is 14.0. The number of para-hydroxylation sites is 1. The lowest BCUT2D eigenvalue weighted by molar-refractivity contribution is -0.145. The zero-order chi connectivity index (χ0) is 29.4. The van der Waals surface area contributed by atoms with E-state index in [0.29, 0.717) is 31.0 Å². The number of hydrogen-bond donors (Lipinski definition) is 4. The van der Waals surface area contributed by atoms with Crippen LogP contribution in [0.25, 0.3) is 0 Å². The maximum atomic E-state index is 13.1. The Kier molecular flexibility index (Phi) is 9.97. The Morgan fingerprint density at radius 1 is 0.927 bits per heavy atom. The molecule has 216 valence electrons. The molecule has 0 bridgehead atoms. The number of hydrogen-bond acceptors (Lipinski definition) is 6. The van der Waals surface area contributed by atoms with Crippen molar-refractivity contribution in [3.05, 3.63) is 82.4 Å². The van der Waals surface area contributed by atoms with Gasteiger partial charge in [-0.05, 0) is 85.3 Å². The largest absolute Gasteiger partial charge is 0.495 e. The number of rotatable bonds is 10. The van der Waals surface area contributed by atoms with Gasteiger partial charge >= 0.3 is 12.0 Å². The van der Waals surface area contributed by atoms with Crippen molar-refractivity contribution in [3.63, 3.8) is 0 Å². The average molecular weight is 559 g/mol. The van der Waals surface area contributed by atoms with E-state index in [2.05, 4.69) is 21.3 Å². The molecular formula is C32H38N4O5. The molecule has 1 atom stereocenters. The number of carbonyl (C=O) groups is 3. The van der Waals surface area contributed by atoms with Gasteiger partial charge in [-0.3, -0.25) is 9.59 Å². The van der Waals surface area contributed by atoms with Crippen molar-refractivity contribution in [1.82, 2.24) is 5.32 Å². The summed E-state index contributed by atoms with van der Waals surface area (Å²) in [6.45, 7) is 7.47. The van der Waals surface area contributed by atoms with Gasteiger partial charge in [0.2, 0.25) is 5.91 Å². The monoisotopic (exact) mass is 558 g/mol. The zero-order valence-electron chi connectivity index (χ0n) is 24.1. The van der Waals surface area contributed by atoms with Crippen LogP contribution in [0, 0.1) is 6.92 Å². The van der Waals surface area contributed by atoms with Gasteiger partial charge in [-0.15, -0.1) is 0 Å². The topological polar surface area (TPSA) is 118 Å². The molecule has 41 heavy (non-hydrogen) atoms. The third-order valence-corrected chi connectivity index (χ3v) is 7.22. The van der Waals surface area contributed by atoms with Crippen LogP contribution in [-0.4, -0.2) is 38.2 Å². The molecule has 3 aromatic rings. The fourth-order valence-corrected chi connectivity index (χ4v) is 5.15. The molecular weight excluding hydrogens is 520 g/mol. The van der Waals surface area contributed by atoms with E-state index in [1.807, 2.05) is 57.2 Å². The molecule has 0 spiro atoms. The van der Waals surface area contributed by atoms with Crippen LogP contribution in [0.5, 0.6) is 5.75 Å². The molecule has 0 radical (unpaired) electrons. The second-order valence-corrected chi connectivity index (χ2v) is 9.95. The molecule has 9 heteroatoms. The molecule has 0 saturated heterocycles. The summed E-state index contributed by atoms with van der Waals surface area (Å²) in [5.74, 6) is -0.283. The van der Waals surface area contributed by atoms with Crippen LogP contribution < -0.4 is 26.0 Å². The molecule has 1 aliphatic heterocycles. The molecule has 0 saturated carbocycles. The van der Waals surface area contributed by atoms with Crippen molar-refractivity contribution in [2.75, 3.05) is 36.2 Å². The quantitative estimate of drug-likeness (QED) is 0.243. The van der Waals surface area contributed by atoms with E-state index < -0.39 is 0 Å². The standard InChI is InChI=1S/C32H38N4O5/c1-5-22(31(38)41-6-2)23-12-14-27(24-15-16-33-19-25(23)24)34-30(37)18-21-11-13-28(29(17-21)40-4)36-32(39)35-26-10-8-7-9-20(26)3/h7-14,17,22,33H,5-6,15-16,18-19H2,1-4H3,(H,34,37)(H2,35,36,39). The third kappa shape index (κ3) is 7.24. The molecule has 0 fully saturated rings. The lowest BCUT2D eigenvalue weighted by Gasteiger charge is -2.26. The molecule has 3 aromatic carbocycles. The van der Waals surface area contributed by atoms with Crippen molar-refractivity contribution in [2.24, 2.45) is 0 Å². The van der Waals surface area contributed by atoms with Crippen LogP contribution in [0.2, 0.25) is 0 Å². The van der Waals surface area contributed by atoms with Crippen molar-refractivity contribution in [2.45, 2.75) is 52.5 Å². The summed E-state index contributed by atoms with van der Waals surface area (Å²) in [7, 11) is 1.52. The van der Waals surface area contributed by atoms with Crippen molar-refractivity contribution < 1.29 is 23.9 Å². The number of carbonyl (C=O) groups excluding carboxylic acids is 3. The summed E-state index contributed by atoms with van der Waals surface area (Å²) in [5.41, 5.74) is 6.71. The van der Waals surface area contributed by atoms with Gasteiger partial charge in [0.15, 0.2) is 0 Å². The predicted molar refractivity (Wildman–Crippen MR) is 161 cm³/mol. The summed E-state index contributed by atoms with van der Waals surface area (Å²) in [6, 6.07) is 16.2. The summed E-state index contributed by atoms with van der Waals surface area (Å²) >= 11 is 0. The highest BCUT2D eigenvalue weighted by Gasteiger charge is 2.27. The Morgan fingerprint density at radius 2 is 1.68 bits per heavy atom. The SMILES string of the molecule is CCOC(=O)C(CC)c1ccc(NC(=O)Cc2ccc(NC(=O)Nc3ccccc3C)c(OC)c2)c2c1CNCC2. The maximum absolute atomic E-state index is 13.1. The highest BCUT2D eigenvalue weighted by Crippen LogP contribution is 2.33. The van der Waals surface area contributed by atoms with E-state index in [-0.39, 0.29) is 30.2 Å². The first kappa shape index (κ1) is 29.6. The predicted octanol–water partition coefficient (Wildman–Crippen LogP) is 5.53. The highest BCUT2D eigenvalue weighted by atomic mass is 16.5. The Labute approximate surface area is 241 Å². The van der Waals surface area contributed by atoms with E-state index >= 15 is 0 Å². The minimum Gasteiger partial charge on any atom is -0.495 e. The second-order valence-electron chi connectivity index (χ2n) is 9.95. The number of aryl methyl sites for hydroxylation is 1. The number of anilines is 3. The number of fused-ring (bicyclic) bond motifs is 1. The molecule has 4 rings (SSSR count). The molecule has 1 aliphatic rings. The van der Waals surface area contributed by atoms with Gasteiger partial charge in [0.1, 0.15) is 5.75 Å². The van der Waals surface area contributed by atoms with E-state index in [4.69, 9.17) is 9.47 Å². The van der Waals surface area contributed by atoms with Gasteiger partial charge in [-0.2, -0.15) is 0 Å². The van der Waals surface area contributed by atoms with Crippen molar-refractivity contribution >= 4 is 35.0 Å². The Morgan fingerprint density at radius 3 is 2.41 bits per heavy atom. The highest BCUT2D eigenvalue weighted by molar-refractivity contribution is 6.01. The molecule has 1 heterocycles. The number of amides is 3. The molecule has 4 N–H and O–H groups in total. The fourth-order valence-electron chi connectivity index (χ4n) is 5.15. The molecule has 0 aromatic heterocycles. The van der Waals surface area contributed by atoms with Crippen LogP contribution in [0.1, 0.15) is 54.0 Å². The summed E-state index contributed by atoms with van der Waals surface area (Å²) in [6.07, 6.45) is 1.51. The first-order valence-electron chi connectivity index (χ1n) is 14.0. The second kappa shape index (κ2) is 13.8. The van der Waals surface area contributed by atoms with Gasteiger partial charge in [0.05, 0.1) is 31.7 Å². The fraction of sp³-hybridized carbons (Fsp3) is 0.344. The molecule has 9 nitrogen and oxygen atoms in total. The third-order valence-electron chi connectivity index (χ3n) is 7.22. The van der Waals surface area contributed by atoms with Crippen LogP contribution >= 0.6 is 0 Å². The summed E-state index contributed by atoms with van der Waals surface area (Å²) in [4.78, 5) is 38.3. The van der Waals surface area contributed by atoms with Gasteiger partial charge in [-0.25, -0.2) is 4.79 Å². The normalized spacial score (nSPS) is 13.0. The van der Waals surface area contributed by atoms with E-state index in [1.54, 1.807) is 18.2 Å². The molecule has 3 amide bonds. The smallest absolute Gasteiger partial charge is 0.323 e. The number of nitrogens with one attached hydrogen (secondary N) is 4. The van der Waals surface area contributed by atoms with Crippen LogP contribution in [-0.2, 0) is 33.7 Å². The minimum atomic E-state index is -0.390. The van der Waals surface area contributed by atoms with Crippen LogP contribution in [0.4, 0.5) is 21.9 Å². The number of urea groups is 1. The van der Waals surface area contributed by atoms with Crippen LogP contribution in [0.3, 0.4) is 0 Å². The summed E-state index contributed by atoms with van der Waals surface area (Å²) in [5, 5.41) is 12.1. The van der Waals surface area contributed by atoms with Gasteiger partial charge in [-0.1, -0.05) is 37.3 Å². The number of benzene rings is 3. The average Bonchev–Trinajstić information content (AvgIpc) is 2.96. The van der Waals surface area contributed by atoms with E-state index in [9.17, 15) is 14.4 Å². The van der Waals surface area contributed by atoms with E-state index in [1.165, 1.54) is 7.11 Å². The van der Waals surface area contributed by atoms with Gasteiger partial charge in [0, 0.05) is 17.9 Å². The van der Waals surface area contributed by atoms with Gasteiger partial charge < -0.3 is 30.7 Å². The number of esters is 1. The first-order chi connectivity index (χ1) is 19.8. The number of methoxy groups -OCH3 is 1. The Balaban J connectivity index is 1.46.